The van der Waals surface area contributed by atoms with E-state index < -0.39 is 16.1 Å². The highest BCUT2D eigenvalue weighted by Crippen LogP contribution is 2.35. The quantitative estimate of drug-likeness (QED) is 0.321. The number of amides is 1. The van der Waals surface area contributed by atoms with E-state index in [-0.39, 0.29) is 10.1 Å². The average molecular weight is 526 g/mol. The Balaban J connectivity index is 1.56. The number of thiophene rings is 1. The van der Waals surface area contributed by atoms with Crippen molar-refractivity contribution in [1.29, 1.82) is 0 Å². The number of nitrogens with zero attached hydrogens (tertiary/aromatic N) is 3. The first-order valence-electron chi connectivity index (χ1n) is 11.6. The van der Waals surface area contributed by atoms with Crippen LogP contribution in [0.1, 0.15) is 36.0 Å². The minimum Gasteiger partial charge on any atom is -0.282 e. The van der Waals surface area contributed by atoms with Crippen LogP contribution in [0.5, 0.6) is 0 Å². The summed E-state index contributed by atoms with van der Waals surface area (Å²) in [6.45, 7) is 4.76. The van der Waals surface area contributed by atoms with Gasteiger partial charge in [-0.15, -0.1) is 11.3 Å². The molecule has 1 aliphatic rings. The number of thiazole rings is 1. The Morgan fingerprint density at radius 2 is 1.91 bits per heavy atom. The zero-order valence-corrected chi connectivity index (χ0v) is 22.1. The van der Waals surface area contributed by atoms with Crippen molar-refractivity contribution < 1.29 is 13.2 Å². The van der Waals surface area contributed by atoms with E-state index in [1.54, 1.807) is 22.4 Å². The number of sulfonamides is 1. The number of benzene rings is 2. The second-order valence-corrected chi connectivity index (χ2v) is 12.9. The summed E-state index contributed by atoms with van der Waals surface area (Å²) in [5.74, 6) is -0.220. The second-order valence-electron chi connectivity index (χ2n) is 8.90. The Morgan fingerprint density at radius 1 is 1.11 bits per heavy atom. The van der Waals surface area contributed by atoms with Crippen LogP contribution in [0.2, 0.25) is 0 Å². The van der Waals surface area contributed by atoms with E-state index in [4.69, 9.17) is 4.98 Å². The van der Waals surface area contributed by atoms with Crippen molar-refractivity contribution in [3.8, 4) is 0 Å². The Labute approximate surface area is 213 Å². The Morgan fingerprint density at radius 3 is 2.66 bits per heavy atom. The molecule has 182 valence electrons. The smallest absolute Gasteiger partial charge is 0.253 e. The molecule has 1 atom stereocenters. The molecule has 0 N–H and O–H groups in total. The number of carbonyl (C=O) groups excluding carboxylic acids is 1. The molecule has 3 heterocycles. The predicted octanol–water partition coefficient (Wildman–Crippen LogP) is 5.75. The summed E-state index contributed by atoms with van der Waals surface area (Å²) in [7, 11) is -3.75. The first kappa shape index (κ1) is 24.1. The zero-order valence-electron chi connectivity index (χ0n) is 19.7. The van der Waals surface area contributed by atoms with Crippen LogP contribution < -0.4 is 4.90 Å². The molecule has 6 nitrogen and oxygen atoms in total. The SMILES string of the molecule is Cc1cc(C)c2sc(N(Cc3ccccc3)C(=O)C3CCCCN3S(=O)(=O)c3cccs3)nc2c1. The molecular weight excluding hydrogens is 499 g/mol. The van der Waals surface area contributed by atoms with Crippen LogP contribution in [0.25, 0.3) is 10.2 Å². The number of anilines is 1. The second kappa shape index (κ2) is 9.81. The molecule has 0 radical (unpaired) electrons. The molecule has 2 aromatic carbocycles. The van der Waals surface area contributed by atoms with E-state index in [1.807, 2.05) is 43.3 Å². The van der Waals surface area contributed by atoms with Gasteiger partial charge in [-0.3, -0.25) is 9.69 Å². The van der Waals surface area contributed by atoms with Crippen molar-refractivity contribution in [3.63, 3.8) is 0 Å². The summed E-state index contributed by atoms with van der Waals surface area (Å²) in [5.41, 5.74) is 4.07. The number of piperidine rings is 1. The van der Waals surface area contributed by atoms with Gasteiger partial charge in [0.05, 0.1) is 16.8 Å². The maximum Gasteiger partial charge on any atom is 0.253 e. The van der Waals surface area contributed by atoms with E-state index in [0.29, 0.717) is 24.6 Å². The van der Waals surface area contributed by atoms with Crippen molar-refractivity contribution in [2.24, 2.45) is 0 Å². The first-order chi connectivity index (χ1) is 16.8. The average Bonchev–Trinajstić information content (AvgIpc) is 3.54. The molecule has 1 saturated heterocycles. The molecule has 4 aromatic rings. The lowest BCUT2D eigenvalue weighted by Gasteiger charge is -2.35. The number of hydrogen-bond acceptors (Lipinski definition) is 6. The number of fused-ring (bicyclic) bond motifs is 1. The van der Waals surface area contributed by atoms with E-state index in [1.165, 1.54) is 27.0 Å². The number of carbonyl (C=O) groups is 1. The third-order valence-corrected chi connectivity index (χ3v) is 10.8. The molecule has 2 aromatic heterocycles. The van der Waals surface area contributed by atoms with Crippen molar-refractivity contribution in [2.75, 3.05) is 11.4 Å². The lowest BCUT2D eigenvalue weighted by atomic mass is 10.0. The minimum atomic E-state index is -3.75. The van der Waals surface area contributed by atoms with Crippen LogP contribution in [0.3, 0.4) is 0 Å². The molecule has 1 fully saturated rings. The maximum absolute atomic E-state index is 14.1. The van der Waals surface area contributed by atoms with E-state index in [0.717, 1.165) is 39.7 Å². The maximum atomic E-state index is 14.1. The molecule has 5 rings (SSSR count). The lowest BCUT2D eigenvalue weighted by molar-refractivity contribution is -0.123. The molecule has 0 aliphatic carbocycles. The monoisotopic (exact) mass is 525 g/mol. The van der Waals surface area contributed by atoms with Crippen LogP contribution >= 0.6 is 22.7 Å². The van der Waals surface area contributed by atoms with Gasteiger partial charge in [0, 0.05) is 6.54 Å². The third kappa shape index (κ3) is 4.78. The molecule has 9 heteroatoms. The van der Waals surface area contributed by atoms with Gasteiger partial charge in [0.15, 0.2) is 5.13 Å². The van der Waals surface area contributed by atoms with Crippen molar-refractivity contribution in [2.45, 2.75) is 49.9 Å². The van der Waals surface area contributed by atoms with E-state index in [9.17, 15) is 13.2 Å². The van der Waals surface area contributed by atoms with Crippen LogP contribution in [0, 0.1) is 13.8 Å². The minimum absolute atomic E-state index is 0.220. The number of aromatic nitrogens is 1. The molecule has 0 bridgehead atoms. The molecule has 1 unspecified atom stereocenters. The van der Waals surface area contributed by atoms with Gasteiger partial charge in [0.25, 0.3) is 10.0 Å². The topological polar surface area (TPSA) is 70.6 Å². The zero-order chi connectivity index (χ0) is 24.6. The third-order valence-electron chi connectivity index (χ3n) is 6.29. The lowest BCUT2D eigenvalue weighted by Crippen LogP contribution is -2.52. The Hall–Kier alpha value is -2.59. The number of rotatable bonds is 6. The van der Waals surface area contributed by atoms with Gasteiger partial charge < -0.3 is 0 Å². The van der Waals surface area contributed by atoms with Gasteiger partial charge in [0.2, 0.25) is 5.91 Å². The Kier molecular flexibility index (Phi) is 6.76. The van der Waals surface area contributed by atoms with Gasteiger partial charge in [-0.2, -0.15) is 4.31 Å². The van der Waals surface area contributed by atoms with Gasteiger partial charge in [-0.25, -0.2) is 13.4 Å². The number of hydrogen-bond donors (Lipinski definition) is 0. The molecule has 35 heavy (non-hydrogen) atoms. The molecule has 0 spiro atoms. The molecular formula is C26H27N3O3S3. The standard InChI is InChI=1S/C26H27N3O3S3/c1-18-15-19(2)24-21(16-18)27-26(34-24)28(17-20-9-4-3-5-10-20)25(30)22-11-6-7-13-29(22)35(31,32)23-12-8-14-33-23/h3-5,8-10,12,14-16,22H,6-7,11,13,17H2,1-2H3. The van der Waals surface area contributed by atoms with Crippen LogP contribution in [0.4, 0.5) is 5.13 Å². The summed E-state index contributed by atoms with van der Waals surface area (Å²) < 4.78 is 29.6. The van der Waals surface area contributed by atoms with Crippen molar-refractivity contribution in [1.82, 2.24) is 9.29 Å². The van der Waals surface area contributed by atoms with Gasteiger partial charge >= 0.3 is 0 Å². The van der Waals surface area contributed by atoms with Crippen LogP contribution in [-0.2, 0) is 21.4 Å². The molecule has 1 aliphatic heterocycles. The summed E-state index contributed by atoms with van der Waals surface area (Å²) in [4.78, 5) is 20.7. The number of aryl methyl sites for hydroxylation is 2. The predicted molar refractivity (Wildman–Crippen MR) is 143 cm³/mol. The Bertz CT molecular complexity index is 1450. The largest absolute Gasteiger partial charge is 0.282 e. The highest BCUT2D eigenvalue weighted by molar-refractivity contribution is 7.91. The highest BCUT2D eigenvalue weighted by atomic mass is 32.2. The van der Waals surface area contributed by atoms with Gasteiger partial charge in [0.1, 0.15) is 10.3 Å². The summed E-state index contributed by atoms with van der Waals surface area (Å²) in [5, 5.41) is 2.35. The molecule has 0 saturated carbocycles. The first-order valence-corrected chi connectivity index (χ1v) is 14.8. The fourth-order valence-electron chi connectivity index (χ4n) is 4.63. The van der Waals surface area contributed by atoms with Gasteiger partial charge in [-0.05, 0) is 60.9 Å². The highest BCUT2D eigenvalue weighted by Gasteiger charge is 2.40. The van der Waals surface area contributed by atoms with Crippen molar-refractivity contribution >= 4 is 54.0 Å². The van der Waals surface area contributed by atoms with Crippen LogP contribution in [-0.4, -0.2) is 36.2 Å². The van der Waals surface area contributed by atoms with Crippen LogP contribution in [0.15, 0.2) is 64.2 Å². The summed E-state index contributed by atoms with van der Waals surface area (Å²) in [6, 6.07) is 16.5. The molecule has 1 amide bonds. The normalized spacial score (nSPS) is 17.0. The fourth-order valence-corrected chi connectivity index (χ4v) is 8.42. The van der Waals surface area contributed by atoms with E-state index >= 15 is 0 Å². The van der Waals surface area contributed by atoms with E-state index in [2.05, 4.69) is 13.0 Å². The van der Waals surface area contributed by atoms with Crippen molar-refractivity contribution in [3.05, 3.63) is 76.7 Å². The fraction of sp³-hybridized carbons (Fsp3) is 0.308. The van der Waals surface area contributed by atoms with Gasteiger partial charge in [-0.1, -0.05) is 60.2 Å². The summed E-state index contributed by atoms with van der Waals surface area (Å²) in [6.07, 6.45) is 2.05. The summed E-state index contributed by atoms with van der Waals surface area (Å²) >= 11 is 2.67.